The molecular formula is C26H28N4O3S. The molecule has 1 aliphatic heterocycles. The zero-order valence-corrected chi connectivity index (χ0v) is 20.0. The van der Waals surface area contributed by atoms with Gasteiger partial charge in [0.2, 0.25) is 12.7 Å². The quantitative estimate of drug-likeness (QED) is 0.358. The van der Waals surface area contributed by atoms with E-state index in [0.717, 1.165) is 36.3 Å². The second-order valence-electron chi connectivity index (χ2n) is 8.45. The van der Waals surface area contributed by atoms with E-state index in [0.29, 0.717) is 23.3 Å². The molecule has 0 radical (unpaired) electrons. The van der Waals surface area contributed by atoms with Gasteiger partial charge in [0.05, 0.1) is 5.25 Å². The second-order valence-corrected chi connectivity index (χ2v) is 9.76. The molecule has 1 atom stereocenters. The third-order valence-electron chi connectivity index (χ3n) is 6.06. The first-order valence-electron chi connectivity index (χ1n) is 11.7. The standard InChI is InChI=1S/C26H28N4O3S/c1-18(25(31)27-15-14-19-8-4-2-5-9-19)34-26-29-28-24(30(26)21-10-6-3-7-11-21)20-12-13-22-23(16-20)33-17-32-22/h3,6-8,10-13,16,18H,2,4-5,9,14-15,17H2,1H3,(H,27,31)/t18-/m0/s1. The summed E-state index contributed by atoms with van der Waals surface area (Å²) in [6, 6.07) is 15.7. The first-order chi connectivity index (χ1) is 16.7. The molecule has 2 heterocycles. The van der Waals surface area contributed by atoms with Crippen molar-refractivity contribution in [2.75, 3.05) is 13.3 Å². The topological polar surface area (TPSA) is 78.3 Å². The van der Waals surface area contributed by atoms with Crippen molar-refractivity contribution < 1.29 is 14.3 Å². The summed E-state index contributed by atoms with van der Waals surface area (Å²) in [7, 11) is 0. The number of carbonyl (C=O) groups excluding carboxylic acids is 1. The van der Waals surface area contributed by atoms with Gasteiger partial charge in [-0.05, 0) is 69.4 Å². The molecule has 0 unspecified atom stereocenters. The predicted octanol–water partition coefficient (Wildman–Crippen LogP) is 5.15. The summed E-state index contributed by atoms with van der Waals surface area (Å²) in [6.07, 6.45) is 8.11. The maximum absolute atomic E-state index is 12.8. The number of carbonyl (C=O) groups is 1. The minimum absolute atomic E-state index is 0.00801. The van der Waals surface area contributed by atoms with Crippen molar-refractivity contribution in [3.05, 3.63) is 60.2 Å². The summed E-state index contributed by atoms with van der Waals surface area (Å²) in [6.45, 7) is 2.79. The molecule has 2 aromatic carbocycles. The van der Waals surface area contributed by atoms with Crippen LogP contribution in [0.3, 0.4) is 0 Å². The molecule has 34 heavy (non-hydrogen) atoms. The third-order valence-corrected chi connectivity index (χ3v) is 7.10. The molecule has 1 amide bonds. The number of para-hydroxylation sites is 1. The number of benzene rings is 2. The second kappa shape index (κ2) is 10.3. The van der Waals surface area contributed by atoms with Gasteiger partial charge in [-0.1, -0.05) is 41.6 Å². The fraction of sp³-hybridized carbons (Fsp3) is 0.346. The van der Waals surface area contributed by atoms with E-state index < -0.39 is 0 Å². The summed E-state index contributed by atoms with van der Waals surface area (Å²) in [5.74, 6) is 2.10. The van der Waals surface area contributed by atoms with Gasteiger partial charge in [-0.15, -0.1) is 10.2 Å². The van der Waals surface area contributed by atoms with Crippen LogP contribution in [-0.4, -0.2) is 39.3 Å². The summed E-state index contributed by atoms with van der Waals surface area (Å²) < 4.78 is 13.0. The Kier molecular flexibility index (Phi) is 6.85. The van der Waals surface area contributed by atoms with Crippen LogP contribution in [0.1, 0.15) is 39.0 Å². The summed E-state index contributed by atoms with van der Waals surface area (Å²) in [5, 5.41) is 12.4. The Hall–Kier alpha value is -3.26. The maximum Gasteiger partial charge on any atom is 0.233 e. The Morgan fingerprint density at radius 2 is 1.97 bits per heavy atom. The molecular weight excluding hydrogens is 448 g/mol. The first kappa shape index (κ1) is 22.5. The first-order valence-corrected chi connectivity index (χ1v) is 12.6. The maximum atomic E-state index is 12.8. The van der Waals surface area contributed by atoms with Gasteiger partial charge in [-0.25, -0.2) is 0 Å². The Balaban J connectivity index is 1.34. The Labute approximate surface area is 203 Å². The Morgan fingerprint density at radius 1 is 1.12 bits per heavy atom. The van der Waals surface area contributed by atoms with Gasteiger partial charge in [0.1, 0.15) is 0 Å². The molecule has 3 aromatic rings. The highest BCUT2D eigenvalue weighted by molar-refractivity contribution is 8.00. The number of nitrogens with one attached hydrogen (secondary N) is 1. The van der Waals surface area contributed by atoms with Crippen LogP contribution < -0.4 is 14.8 Å². The van der Waals surface area contributed by atoms with E-state index in [1.165, 1.54) is 30.2 Å². The molecule has 0 bridgehead atoms. The van der Waals surface area contributed by atoms with Gasteiger partial charge in [-0.2, -0.15) is 0 Å². The minimum Gasteiger partial charge on any atom is -0.454 e. The summed E-state index contributed by atoms with van der Waals surface area (Å²) in [5.41, 5.74) is 3.26. The van der Waals surface area contributed by atoms with Crippen LogP contribution in [0.5, 0.6) is 11.5 Å². The zero-order chi connectivity index (χ0) is 23.3. The molecule has 0 fully saturated rings. The highest BCUT2D eigenvalue weighted by Gasteiger charge is 2.23. The number of amides is 1. The molecule has 1 aliphatic carbocycles. The predicted molar refractivity (Wildman–Crippen MR) is 132 cm³/mol. The SMILES string of the molecule is C[C@H](Sc1nnc(-c2ccc3c(c2)OCO3)n1-c1ccccc1)C(=O)NCCC1=CCCCC1. The van der Waals surface area contributed by atoms with E-state index >= 15 is 0 Å². The van der Waals surface area contributed by atoms with Crippen LogP contribution >= 0.6 is 11.8 Å². The van der Waals surface area contributed by atoms with Gasteiger partial charge >= 0.3 is 0 Å². The molecule has 1 N–H and O–H groups in total. The van der Waals surface area contributed by atoms with Crippen molar-refractivity contribution in [3.63, 3.8) is 0 Å². The number of aromatic nitrogens is 3. The molecule has 7 nitrogen and oxygen atoms in total. The lowest BCUT2D eigenvalue weighted by Crippen LogP contribution is -2.32. The van der Waals surface area contributed by atoms with Gasteiger partial charge < -0.3 is 14.8 Å². The van der Waals surface area contributed by atoms with Crippen LogP contribution in [0.15, 0.2) is 65.3 Å². The van der Waals surface area contributed by atoms with Crippen LogP contribution in [-0.2, 0) is 4.79 Å². The minimum atomic E-state index is -0.309. The number of fused-ring (bicyclic) bond motifs is 1. The van der Waals surface area contributed by atoms with E-state index in [-0.39, 0.29) is 18.0 Å². The van der Waals surface area contributed by atoms with Crippen molar-refractivity contribution >= 4 is 17.7 Å². The number of hydrogen-bond donors (Lipinski definition) is 1. The lowest BCUT2D eigenvalue weighted by molar-refractivity contribution is -0.120. The molecule has 0 spiro atoms. The van der Waals surface area contributed by atoms with E-state index in [1.54, 1.807) is 0 Å². The van der Waals surface area contributed by atoms with Crippen molar-refractivity contribution in [1.29, 1.82) is 0 Å². The fourth-order valence-corrected chi connectivity index (χ4v) is 5.10. The molecule has 2 aliphatic rings. The monoisotopic (exact) mass is 476 g/mol. The molecule has 1 aromatic heterocycles. The number of thioether (sulfide) groups is 1. The van der Waals surface area contributed by atoms with Crippen LogP contribution in [0.4, 0.5) is 0 Å². The Morgan fingerprint density at radius 3 is 2.79 bits per heavy atom. The fourth-order valence-electron chi connectivity index (χ4n) is 4.21. The van der Waals surface area contributed by atoms with E-state index in [4.69, 9.17) is 9.47 Å². The average Bonchev–Trinajstić information content (AvgIpc) is 3.51. The highest BCUT2D eigenvalue weighted by atomic mass is 32.2. The number of hydrogen-bond acceptors (Lipinski definition) is 6. The third kappa shape index (κ3) is 4.97. The average molecular weight is 477 g/mol. The van der Waals surface area contributed by atoms with E-state index in [1.807, 2.05) is 60.0 Å². The largest absolute Gasteiger partial charge is 0.454 e. The number of rotatable bonds is 8. The van der Waals surface area contributed by atoms with E-state index in [9.17, 15) is 4.79 Å². The molecule has 8 heteroatoms. The Bertz CT molecular complexity index is 1190. The van der Waals surface area contributed by atoms with Gasteiger partial charge in [0, 0.05) is 17.8 Å². The normalized spacial score (nSPS) is 15.6. The van der Waals surface area contributed by atoms with Gasteiger partial charge in [-0.3, -0.25) is 9.36 Å². The van der Waals surface area contributed by atoms with Crippen molar-refractivity contribution in [2.45, 2.75) is 49.4 Å². The lowest BCUT2D eigenvalue weighted by atomic mass is 9.97. The zero-order valence-electron chi connectivity index (χ0n) is 19.2. The number of ether oxygens (including phenoxy) is 2. The summed E-state index contributed by atoms with van der Waals surface area (Å²) >= 11 is 1.41. The van der Waals surface area contributed by atoms with Crippen molar-refractivity contribution in [1.82, 2.24) is 20.1 Å². The van der Waals surface area contributed by atoms with Crippen LogP contribution in [0.25, 0.3) is 17.1 Å². The van der Waals surface area contributed by atoms with Gasteiger partial charge in [0.15, 0.2) is 22.5 Å². The highest BCUT2D eigenvalue weighted by Crippen LogP contribution is 2.37. The van der Waals surface area contributed by atoms with E-state index in [2.05, 4.69) is 21.6 Å². The lowest BCUT2D eigenvalue weighted by Gasteiger charge is -2.15. The smallest absolute Gasteiger partial charge is 0.233 e. The van der Waals surface area contributed by atoms with Crippen molar-refractivity contribution in [3.8, 4) is 28.6 Å². The number of allylic oxidation sites excluding steroid dienone is 1. The van der Waals surface area contributed by atoms with Crippen LogP contribution in [0, 0.1) is 0 Å². The molecule has 0 saturated carbocycles. The number of nitrogens with zero attached hydrogens (tertiary/aromatic N) is 3. The van der Waals surface area contributed by atoms with Crippen molar-refractivity contribution in [2.24, 2.45) is 0 Å². The molecule has 176 valence electrons. The van der Waals surface area contributed by atoms with Crippen LogP contribution in [0.2, 0.25) is 0 Å². The molecule has 5 rings (SSSR count). The summed E-state index contributed by atoms with van der Waals surface area (Å²) in [4.78, 5) is 12.8. The van der Waals surface area contributed by atoms with Gasteiger partial charge in [0.25, 0.3) is 0 Å². The molecule has 0 saturated heterocycles.